The standard InChI is InChI=1S/C18H13ClO5/c1-17(8-9-3-2-4-10(19)7-9)14(20)12-11-5-6-18(23,16(22)24-11)13(12)15(17)21/h2-7,11,23H,8H2,1H3. The average Bonchev–Trinajstić information content (AvgIpc) is 2.72. The molecule has 1 aromatic carbocycles. The molecular formula is C18H13ClO5. The zero-order chi connectivity index (χ0) is 17.3. The molecule has 0 aromatic heterocycles. The summed E-state index contributed by atoms with van der Waals surface area (Å²) < 4.78 is 5.06. The minimum Gasteiger partial charge on any atom is -0.450 e. The molecule has 2 bridgehead atoms. The van der Waals surface area contributed by atoms with Crippen LogP contribution in [0.5, 0.6) is 0 Å². The maximum absolute atomic E-state index is 13.0. The summed E-state index contributed by atoms with van der Waals surface area (Å²) in [6.07, 6.45) is 1.91. The van der Waals surface area contributed by atoms with Crippen molar-refractivity contribution in [1.29, 1.82) is 0 Å². The average molecular weight is 345 g/mol. The van der Waals surface area contributed by atoms with E-state index in [1.807, 2.05) is 0 Å². The van der Waals surface area contributed by atoms with Gasteiger partial charge in [0.05, 0.1) is 16.6 Å². The van der Waals surface area contributed by atoms with Crippen LogP contribution in [0.3, 0.4) is 0 Å². The predicted octanol–water partition coefficient (Wildman–Crippen LogP) is 1.56. The Morgan fingerprint density at radius 2 is 2.00 bits per heavy atom. The zero-order valence-corrected chi connectivity index (χ0v) is 13.5. The van der Waals surface area contributed by atoms with Gasteiger partial charge in [-0.05, 0) is 43.2 Å². The van der Waals surface area contributed by atoms with Gasteiger partial charge in [0, 0.05) is 5.02 Å². The van der Waals surface area contributed by atoms with Crippen molar-refractivity contribution in [3.63, 3.8) is 0 Å². The van der Waals surface area contributed by atoms with Crippen LogP contribution in [0.2, 0.25) is 5.02 Å². The molecule has 0 spiro atoms. The van der Waals surface area contributed by atoms with Crippen LogP contribution in [0.1, 0.15) is 12.5 Å². The molecule has 2 aliphatic heterocycles. The second kappa shape index (κ2) is 4.65. The summed E-state index contributed by atoms with van der Waals surface area (Å²) in [5.41, 5.74) is -2.87. The summed E-state index contributed by atoms with van der Waals surface area (Å²) in [7, 11) is 0. The predicted molar refractivity (Wildman–Crippen MR) is 84.3 cm³/mol. The molecule has 2 aliphatic carbocycles. The van der Waals surface area contributed by atoms with Crippen molar-refractivity contribution in [3.8, 4) is 0 Å². The van der Waals surface area contributed by atoms with Gasteiger partial charge in [-0.25, -0.2) is 4.79 Å². The number of ether oxygens (including phenoxy) is 1. The van der Waals surface area contributed by atoms with Crippen LogP contribution in [0.15, 0.2) is 47.6 Å². The number of carbonyl (C=O) groups is 3. The van der Waals surface area contributed by atoms with Crippen molar-refractivity contribution in [2.75, 3.05) is 0 Å². The Morgan fingerprint density at radius 3 is 2.67 bits per heavy atom. The molecule has 0 amide bonds. The van der Waals surface area contributed by atoms with E-state index in [2.05, 4.69) is 0 Å². The Morgan fingerprint density at radius 1 is 1.25 bits per heavy atom. The molecule has 1 aromatic rings. The number of fused-ring (bicyclic) bond motifs is 1. The maximum Gasteiger partial charge on any atom is 0.348 e. The lowest BCUT2D eigenvalue weighted by molar-refractivity contribution is -0.164. The number of halogens is 1. The van der Waals surface area contributed by atoms with Gasteiger partial charge in [-0.3, -0.25) is 9.59 Å². The fourth-order valence-electron chi connectivity index (χ4n) is 3.66. The molecular weight excluding hydrogens is 332 g/mol. The van der Waals surface area contributed by atoms with Crippen molar-refractivity contribution < 1.29 is 24.2 Å². The van der Waals surface area contributed by atoms with Gasteiger partial charge in [-0.1, -0.05) is 23.7 Å². The minimum atomic E-state index is -2.16. The van der Waals surface area contributed by atoms with Crippen molar-refractivity contribution >= 4 is 29.1 Å². The Labute approximate surface area is 142 Å². The topological polar surface area (TPSA) is 80.7 Å². The molecule has 24 heavy (non-hydrogen) atoms. The second-order valence-corrected chi connectivity index (χ2v) is 6.97. The van der Waals surface area contributed by atoms with Gasteiger partial charge in [0.25, 0.3) is 0 Å². The number of ketones is 2. The molecule has 0 saturated carbocycles. The number of hydrogen-bond donors (Lipinski definition) is 1. The molecule has 0 fully saturated rings. The third kappa shape index (κ3) is 1.77. The SMILES string of the molecule is CC1(Cc2cccc(Cl)c2)C(=O)C2=C(C1=O)C1(O)C=CC2OC1=O. The van der Waals surface area contributed by atoms with E-state index in [1.54, 1.807) is 24.3 Å². The normalized spacial score (nSPS) is 34.0. The van der Waals surface area contributed by atoms with Crippen LogP contribution in [0.25, 0.3) is 0 Å². The molecule has 0 saturated heterocycles. The first-order valence-electron chi connectivity index (χ1n) is 7.49. The summed E-state index contributed by atoms with van der Waals surface area (Å²) in [5, 5.41) is 11.1. The monoisotopic (exact) mass is 344 g/mol. The molecule has 122 valence electrons. The summed E-state index contributed by atoms with van der Waals surface area (Å²) in [5.74, 6) is -1.86. The van der Waals surface area contributed by atoms with E-state index >= 15 is 0 Å². The van der Waals surface area contributed by atoms with E-state index in [4.69, 9.17) is 16.3 Å². The third-order valence-corrected chi connectivity index (χ3v) is 5.15. The van der Waals surface area contributed by atoms with E-state index in [-0.39, 0.29) is 17.6 Å². The molecule has 5 rings (SSSR count). The maximum atomic E-state index is 13.0. The van der Waals surface area contributed by atoms with Gasteiger partial charge in [0.1, 0.15) is 6.10 Å². The van der Waals surface area contributed by atoms with E-state index < -0.39 is 34.7 Å². The van der Waals surface area contributed by atoms with Crippen LogP contribution in [0, 0.1) is 5.41 Å². The fraction of sp³-hybridized carbons (Fsp3) is 0.278. The Bertz CT molecular complexity index is 883. The van der Waals surface area contributed by atoms with Gasteiger partial charge >= 0.3 is 5.97 Å². The largest absolute Gasteiger partial charge is 0.450 e. The quantitative estimate of drug-likeness (QED) is 0.500. The first-order chi connectivity index (χ1) is 11.3. The van der Waals surface area contributed by atoms with Crippen molar-refractivity contribution in [1.82, 2.24) is 0 Å². The highest BCUT2D eigenvalue weighted by Gasteiger charge is 2.64. The Balaban J connectivity index is 1.79. The zero-order valence-electron chi connectivity index (χ0n) is 12.7. The molecule has 2 heterocycles. The Hall–Kier alpha value is -2.24. The van der Waals surface area contributed by atoms with Gasteiger partial charge < -0.3 is 9.84 Å². The van der Waals surface area contributed by atoms with Crippen molar-refractivity contribution in [2.45, 2.75) is 25.0 Å². The van der Waals surface area contributed by atoms with Crippen LogP contribution < -0.4 is 0 Å². The number of aliphatic hydroxyl groups is 1. The van der Waals surface area contributed by atoms with Crippen LogP contribution >= 0.6 is 11.6 Å². The highest BCUT2D eigenvalue weighted by atomic mass is 35.5. The van der Waals surface area contributed by atoms with E-state index in [0.717, 1.165) is 5.56 Å². The third-order valence-electron chi connectivity index (χ3n) is 4.91. The number of Topliss-reactive ketones (excluding diaryl/α,β-unsaturated/α-hetero) is 2. The number of hydrogen-bond acceptors (Lipinski definition) is 5. The number of rotatable bonds is 2. The van der Waals surface area contributed by atoms with Crippen LogP contribution in [-0.2, 0) is 25.5 Å². The highest BCUT2D eigenvalue weighted by molar-refractivity contribution is 6.32. The lowest BCUT2D eigenvalue weighted by Crippen LogP contribution is -2.51. The van der Waals surface area contributed by atoms with Gasteiger partial charge in [0.2, 0.25) is 5.60 Å². The molecule has 6 heteroatoms. The lowest BCUT2D eigenvalue weighted by atomic mass is 9.76. The smallest absolute Gasteiger partial charge is 0.348 e. The molecule has 3 unspecified atom stereocenters. The summed E-state index contributed by atoms with van der Waals surface area (Å²) in [4.78, 5) is 37.9. The summed E-state index contributed by atoms with van der Waals surface area (Å²) >= 11 is 5.97. The van der Waals surface area contributed by atoms with E-state index in [1.165, 1.54) is 19.1 Å². The summed E-state index contributed by atoms with van der Waals surface area (Å²) in [6, 6.07) is 6.91. The van der Waals surface area contributed by atoms with E-state index in [0.29, 0.717) is 5.02 Å². The summed E-state index contributed by atoms with van der Waals surface area (Å²) in [6.45, 7) is 1.53. The molecule has 1 N–H and O–H groups in total. The van der Waals surface area contributed by atoms with E-state index in [9.17, 15) is 19.5 Å². The van der Waals surface area contributed by atoms with Gasteiger partial charge in [-0.2, -0.15) is 0 Å². The number of esters is 1. The molecule has 3 atom stereocenters. The number of carbonyl (C=O) groups excluding carboxylic acids is 3. The van der Waals surface area contributed by atoms with Gasteiger partial charge in [-0.15, -0.1) is 0 Å². The van der Waals surface area contributed by atoms with Crippen LogP contribution in [0.4, 0.5) is 0 Å². The second-order valence-electron chi connectivity index (χ2n) is 6.54. The highest BCUT2D eigenvalue weighted by Crippen LogP contribution is 2.49. The fourth-order valence-corrected chi connectivity index (χ4v) is 3.87. The van der Waals surface area contributed by atoms with Gasteiger partial charge in [0.15, 0.2) is 11.6 Å². The van der Waals surface area contributed by atoms with Crippen LogP contribution in [-0.4, -0.2) is 34.3 Å². The molecule has 4 aliphatic rings. The van der Waals surface area contributed by atoms with Crippen molar-refractivity contribution in [3.05, 3.63) is 58.1 Å². The minimum absolute atomic E-state index is 0.0918. The first kappa shape index (κ1) is 15.3. The first-order valence-corrected chi connectivity index (χ1v) is 7.87. The van der Waals surface area contributed by atoms with Crippen molar-refractivity contribution in [2.24, 2.45) is 5.41 Å². The number of benzene rings is 1. The lowest BCUT2D eigenvalue weighted by Gasteiger charge is -2.36. The Kier molecular flexibility index (Phi) is 2.96. The molecule has 0 radical (unpaired) electrons. The molecule has 5 nitrogen and oxygen atoms in total.